The molecule has 0 saturated heterocycles. The summed E-state index contributed by atoms with van der Waals surface area (Å²) in [6, 6.07) is 36.4. The number of aromatic nitrogens is 2. The van der Waals surface area contributed by atoms with Gasteiger partial charge in [0.25, 0.3) is 0 Å². The summed E-state index contributed by atoms with van der Waals surface area (Å²) in [5.41, 5.74) is 5.26. The van der Waals surface area contributed by atoms with E-state index in [2.05, 4.69) is 144 Å². The lowest BCUT2D eigenvalue weighted by Gasteiger charge is -2.28. The fraction of sp³-hybridized carbons (Fsp3) is 0.400. The molecule has 3 heterocycles. The summed E-state index contributed by atoms with van der Waals surface area (Å²) < 4.78 is 4.74. The maximum absolute atomic E-state index is 3.09. The highest BCUT2D eigenvalue weighted by molar-refractivity contribution is 6.93. The molecule has 0 fully saturated rings. The zero-order valence-corrected chi connectivity index (χ0v) is 30.7. The molecule has 240 valence electrons. The van der Waals surface area contributed by atoms with E-state index >= 15 is 0 Å². The van der Waals surface area contributed by atoms with E-state index in [-0.39, 0.29) is 7.43 Å². The molecule has 0 atom stereocenters. The van der Waals surface area contributed by atoms with Gasteiger partial charge in [-0.15, -0.1) is 0 Å². The highest BCUT2D eigenvalue weighted by Gasteiger charge is 2.33. The number of hydrogen-bond donors (Lipinski definition) is 0. The lowest BCUT2D eigenvalue weighted by Crippen LogP contribution is -2.48. The summed E-state index contributed by atoms with van der Waals surface area (Å²) in [4.78, 5) is 2.00. The molecule has 5 aromatic rings. The van der Waals surface area contributed by atoms with Crippen molar-refractivity contribution in [2.45, 2.75) is 85.2 Å². The van der Waals surface area contributed by atoms with Crippen molar-refractivity contribution < 1.29 is 0 Å². The van der Waals surface area contributed by atoms with Crippen molar-refractivity contribution >= 4 is 60.2 Å². The van der Waals surface area contributed by atoms with Gasteiger partial charge in [0.15, 0.2) is 5.56 Å². The van der Waals surface area contributed by atoms with E-state index in [1.807, 2.05) is 30.2 Å². The first-order chi connectivity index (χ1) is 21.2. The third kappa shape index (κ3) is 7.06. The first-order valence-electron chi connectivity index (χ1n) is 16.8. The number of para-hydroxylation sites is 3. The van der Waals surface area contributed by atoms with Gasteiger partial charge in [-0.25, -0.2) is 0 Å². The molecular weight excluding hydrogens is 579 g/mol. The van der Waals surface area contributed by atoms with Gasteiger partial charge in [0, 0.05) is 55.8 Å². The lowest BCUT2D eigenvalue weighted by atomic mass is 10.2. The summed E-state index contributed by atoms with van der Waals surface area (Å²) in [5.74, 6) is 0. The van der Waals surface area contributed by atoms with Crippen LogP contribution in [0.3, 0.4) is 0 Å². The van der Waals surface area contributed by atoms with Crippen molar-refractivity contribution in [3.8, 4) is 0 Å². The minimum absolute atomic E-state index is 0. The lowest BCUT2D eigenvalue weighted by molar-refractivity contribution is 0.970. The van der Waals surface area contributed by atoms with Crippen LogP contribution in [-0.2, 0) is 14.1 Å². The maximum atomic E-state index is 3.09. The van der Waals surface area contributed by atoms with Crippen molar-refractivity contribution in [1.29, 1.82) is 0 Å². The van der Waals surface area contributed by atoms with Gasteiger partial charge in [-0.05, 0) is 46.3 Å². The Balaban J connectivity index is 0.000000188. The monoisotopic (exact) mass is 636 g/mol. The molecule has 0 aliphatic carbocycles. The van der Waals surface area contributed by atoms with E-state index in [1.54, 1.807) is 10.5 Å². The van der Waals surface area contributed by atoms with E-state index in [0.717, 1.165) is 0 Å². The Morgan fingerprint density at radius 2 is 1.16 bits per heavy atom. The second-order valence-electron chi connectivity index (χ2n) is 12.4. The van der Waals surface area contributed by atoms with Crippen LogP contribution in [0.2, 0.25) is 36.3 Å². The Morgan fingerprint density at radius 3 is 1.73 bits per heavy atom. The topological polar surface area (TPSA) is 13.1 Å². The average molecular weight is 637 g/mol. The highest BCUT2D eigenvalue weighted by Crippen LogP contribution is 2.27. The molecule has 3 aromatic carbocycles. The molecule has 0 amide bonds. The first kappa shape index (κ1) is 36.1. The van der Waals surface area contributed by atoms with Gasteiger partial charge in [-0.1, -0.05) is 122 Å². The third-order valence-corrected chi connectivity index (χ3v) is 22.0. The molecule has 3 nitrogen and oxygen atoms in total. The smallest absolute Gasteiger partial charge is 0.200 e. The predicted molar refractivity (Wildman–Crippen MR) is 209 cm³/mol. The fourth-order valence-electron chi connectivity index (χ4n) is 7.33. The fourth-order valence-corrected chi connectivity index (χ4v) is 15.1. The minimum atomic E-state index is -1.26. The number of nitrogens with zero attached hydrogens (tertiary/aromatic N) is 3. The molecule has 0 saturated carbocycles. The van der Waals surface area contributed by atoms with Crippen LogP contribution in [0.25, 0.3) is 27.9 Å². The Morgan fingerprint density at radius 1 is 0.622 bits per heavy atom. The molecule has 45 heavy (non-hydrogen) atoms. The predicted octanol–water partition coefficient (Wildman–Crippen LogP) is 10.3. The second-order valence-corrected chi connectivity index (χ2v) is 22.8. The highest BCUT2D eigenvalue weighted by atomic mass is 28.3. The van der Waals surface area contributed by atoms with Crippen LogP contribution < -0.4 is 15.4 Å². The van der Waals surface area contributed by atoms with Gasteiger partial charge in [0.2, 0.25) is 5.69 Å². The number of hydrogen-bond acceptors (Lipinski definition) is 1. The number of anilines is 1. The molecular formula is C40H58N3Si2+. The van der Waals surface area contributed by atoms with Crippen LogP contribution in [0.15, 0.2) is 85.1 Å². The van der Waals surface area contributed by atoms with E-state index in [0.29, 0.717) is 0 Å². The summed E-state index contributed by atoms with van der Waals surface area (Å²) >= 11 is 0. The van der Waals surface area contributed by atoms with E-state index in [4.69, 9.17) is 0 Å². The molecule has 6 rings (SSSR count). The molecule has 5 heteroatoms. The first-order valence-corrected chi connectivity index (χ1v) is 22.0. The molecule has 0 unspecified atom stereocenters. The van der Waals surface area contributed by atoms with Crippen LogP contribution in [0, 0.1) is 6.20 Å². The van der Waals surface area contributed by atoms with Crippen LogP contribution in [-0.4, -0.2) is 32.3 Å². The summed E-state index contributed by atoms with van der Waals surface area (Å²) in [7, 11) is 3.90. The molecule has 1 aliphatic heterocycles. The van der Waals surface area contributed by atoms with Crippen molar-refractivity contribution in [3.05, 3.63) is 96.8 Å². The van der Waals surface area contributed by atoms with E-state index in [1.165, 1.54) is 69.3 Å². The molecule has 1 aliphatic rings. The third-order valence-electron chi connectivity index (χ3n) is 10.7. The van der Waals surface area contributed by atoms with Crippen molar-refractivity contribution in [2.75, 3.05) is 11.9 Å². The molecule has 0 N–H and O–H groups in total. The Bertz CT molecular complexity index is 1660. The molecule has 2 aromatic heterocycles. The standard InChI is InChI=1S/2C15H23NSi.C9H8N.CH4/c1-5-17(6-2,7-3)15-12-16(4)14-11-9-8-10-13(14)15;1-5-17(6-2,7-3)15-12-13-10-8-9-11-14(13)16(15)4;1-10-7-6-8-4-2-3-5-9(8)10;/h2*8-12H,5-7H2,1-4H3;2-6H,1H3;1H4/q;;+1;. The maximum Gasteiger partial charge on any atom is 0.200 e. The van der Waals surface area contributed by atoms with E-state index < -0.39 is 16.1 Å². The number of benzene rings is 3. The van der Waals surface area contributed by atoms with Crippen LogP contribution in [0.1, 0.15) is 54.5 Å². The Kier molecular flexibility index (Phi) is 12.6. The zero-order valence-electron chi connectivity index (χ0n) is 28.7. The number of fused-ring (bicyclic) bond motifs is 3. The van der Waals surface area contributed by atoms with Gasteiger partial charge in [-0.2, -0.15) is 4.90 Å². The van der Waals surface area contributed by atoms with Gasteiger partial charge in [0.05, 0.1) is 8.07 Å². The molecule has 0 spiro atoms. The average Bonchev–Trinajstić information content (AvgIpc) is 3.74. The van der Waals surface area contributed by atoms with Crippen molar-refractivity contribution in [3.63, 3.8) is 0 Å². The van der Waals surface area contributed by atoms with Gasteiger partial charge in [0.1, 0.15) is 20.3 Å². The summed E-state index contributed by atoms with van der Waals surface area (Å²) in [6.45, 7) is 14.2. The second kappa shape index (κ2) is 15.8. The van der Waals surface area contributed by atoms with Gasteiger partial charge in [-0.3, -0.25) is 0 Å². The Hall–Kier alpha value is -3.38. The zero-order chi connectivity index (χ0) is 31.9. The quantitative estimate of drug-likeness (QED) is 0.122. The minimum Gasteiger partial charge on any atom is -0.352 e. The van der Waals surface area contributed by atoms with Crippen molar-refractivity contribution in [2.24, 2.45) is 14.1 Å². The molecule has 0 bridgehead atoms. The normalized spacial score (nSPS) is 12.2. The SMILES string of the molecule is C.CC[Si](CC)(CC)c1cc2ccccc2n1C.CC[Si](CC)(CC)c1cn(C)c2ccccc12.CN1[C+]=Cc2ccccc21. The van der Waals surface area contributed by atoms with Gasteiger partial charge >= 0.3 is 0 Å². The van der Waals surface area contributed by atoms with E-state index in [9.17, 15) is 0 Å². The van der Waals surface area contributed by atoms with Gasteiger partial charge < -0.3 is 9.13 Å². The number of aryl methyl sites for hydroxylation is 2. The van der Waals surface area contributed by atoms with Crippen LogP contribution >= 0.6 is 0 Å². The van der Waals surface area contributed by atoms with Crippen LogP contribution in [0.5, 0.6) is 0 Å². The largest absolute Gasteiger partial charge is 0.352 e. The Labute approximate surface area is 276 Å². The molecule has 0 radical (unpaired) electrons. The van der Waals surface area contributed by atoms with Crippen molar-refractivity contribution in [1.82, 2.24) is 9.13 Å². The summed E-state index contributed by atoms with van der Waals surface area (Å²) in [6.07, 6.45) is 7.48. The summed E-state index contributed by atoms with van der Waals surface area (Å²) in [5, 5.41) is 6.19. The number of rotatable bonds is 8. The van der Waals surface area contributed by atoms with Crippen LogP contribution in [0.4, 0.5) is 5.69 Å².